The average molecular weight is 294 g/mol. The fraction of sp³-hybridized carbons (Fsp3) is 0.562. The van der Waals surface area contributed by atoms with Gasteiger partial charge in [0.15, 0.2) is 0 Å². The van der Waals surface area contributed by atoms with Crippen LogP contribution in [0.2, 0.25) is 0 Å². The summed E-state index contributed by atoms with van der Waals surface area (Å²) >= 11 is 0. The Labute approximate surface area is 126 Å². The minimum absolute atomic E-state index is 0.131. The van der Waals surface area contributed by atoms with Crippen LogP contribution in [-0.4, -0.2) is 26.2 Å². The average Bonchev–Trinajstić information content (AvgIpc) is 2.51. The van der Waals surface area contributed by atoms with Gasteiger partial charge in [0.2, 0.25) is 5.91 Å². The molecule has 5 nitrogen and oxygen atoms in total. The van der Waals surface area contributed by atoms with E-state index in [0.717, 1.165) is 18.4 Å². The minimum Gasteiger partial charge on any atom is -0.497 e. The molecule has 3 N–H and O–H groups in total. The lowest BCUT2D eigenvalue weighted by molar-refractivity contribution is -0.123. The number of carbonyl (C=O) groups is 1. The Morgan fingerprint density at radius 3 is 2.62 bits per heavy atom. The van der Waals surface area contributed by atoms with Crippen LogP contribution in [0.15, 0.2) is 18.2 Å². The Balaban J connectivity index is 2.74. The molecule has 0 aromatic heterocycles. The lowest BCUT2D eigenvalue weighted by Crippen LogP contribution is -2.41. The van der Waals surface area contributed by atoms with E-state index in [-0.39, 0.29) is 11.9 Å². The Bertz CT molecular complexity index is 463. The maximum Gasteiger partial charge on any atom is 0.237 e. The maximum absolute atomic E-state index is 12.1. The van der Waals surface area contributed by atoms with Gasteiger partial charge < -0.3 is 20.5 Å². The maximum atomic E-state index is 12.1. The zero-order valence-corrected chi connectivity index (χ0v) is 13.3. The van der Waals surface area contributed by atoms with Crippen molar-refractivity contribution in [1.82, 2.24) is 5.32 Å². The first-order valence-corrected chi connectivity index (χ1v) is 7.31. The highest BCUT2D eigenvalue weighted by atomic mass is 16.5. The summed E-state index contributed by atoms with van der Waals surface area (Å²) in [6, 6.07) is 4.90. The van der Waals surface area contributed by atoms with E-state index < -0.39 is 6.04 Å². The van der Waals surface area contributed by atoms with E-state index >= 15 is 0 Å². The topological polar surface area (TPSA) is 73.6 Å². The quantitative estimate of drug-likeness (QED) is 0.772. The second-order valence-corrected chi connectivity index (χ2v) is 5.09. The first kappa shape index (κ1) is 17.3. The number of hydrogen-bond donors (Lipinski definition) is 2. The van der Waals surface area contributed by atoms with Crippen molar-refractivity contribution >= 4 is 5.91 Å². The second kappa shape index (κ2) is 8.52. The van der Waals surface area contributed by atoms with Crippen LogP contribution in [0.25, 0.3) is 0 Å². The first-order valence-electron chi connectivity index (χ1n) is 7.31. The van der Waals surface area contributed by atoms with Crippen molar-refractivity contribution in [1.29, 1.82) is 0 Å². The molecule has 1 amide bonds. The largest absolute Gasteiger partial charge is 0.497 e. The first-order chi connectivity index (χ1) is 10.0. The highest BCUT2D eigenvalue weighted by Crippen LogP contribution is 2.29. The lowest BCUT2D eigenvalue weighted by Gasteiger charge is -2.20. The molecule has 1 aromatic rings. The molecule has 0 fully saturated rings. The van der Waals surface area contributed by atoms with E-state index in [1.54, 1.807) is 20.3 Å². The van der Waals surface area contributed by atoms with Gasteiger partial charge in [-0.15, -0.1) is 0 Å². The molecule has 0 radical (unpaired) electrons. The Kier molecular flexibility index (Phi) is 7.02. The van der Waals surface area contributed by atoms with Gasteiger partial charge in [0.05, 0.1) is 26.3 Å². The number of hydrogen-bond acceptors (Lipinski definition) is 4. The molecule has 0 heterocycles. The van der Waals surface area contributed by atoms with Crippen LogP contribution in [0, 0.1) is 0 Å². The highest BCUT2D eigenvalue weighted by molar-refractivity contribution is 5.81. The van der Waals surface area contributed by atoms with Crippen molar-refractivity contribution in [3.63, 3.8) is 0 Å². The SMILES string of the molecule is CCCC[C@H](N)C(=O)NC(C)c1ccc(OC)cc1OC. The van der Waals surface area contributed by atoms with E-state index in [0.29, 0.717) is 17.9 Å². The summed E-state index contributed by atoms with van der Waals surface area (Å²) in [5.41, 5.74) is 6.78. The van der Waals surface area contributed by atoms with Crippen molar-refractivity contribution in [3.05, 3.63) is 23.8 Å². The highest BCUT2D eigenvalue weighted by Gasteiger charge is 2.18. The van der Waals surface area contributed by atoms with E-state index in [1.165, 1.54) is 0 Å². The van der Waals surface area contributed by atoms with Gasteiger partial charge in [0.1, 0.15) is 11.5 Å². The predicted molar refractivity (Wildman–Crippen MR) is 83.6 cm³/mol. The molecular formula is C16H26N2O3. The van der Waals surface area contributed by atoms with Gasteiger partial charge >= 0.3 is 0 Å². The summed E-state index contributed by atoms with van der Waals surface area (Å²) in [4.78, 5) is 12.1. The number of amides is 1. The monoisotopic (exact) mass is 294 g/mol. The van der Waals surface area contributed by atoms with Crippen molar-refractivity contribution in [2.45, 2.75) is 45.2 Å². The summed E-state index contributed by atoms with van der Waals surface area (Å²) in [7, 11) is 3.20. The molecular weight excluding hydrogens is 268 g/mol. The van der Waals surface area contributed by atoms with Crippen LogP contribution >= 0.6 is 0 Å². The molecule has 0 aliphatic heterocycles. The third-order valence-electron chi connectivity index (χ3n) is 3.47. The van der Waals surface area contributed by atoms with Crippen LogP contribution in [-0.2, 0) is 4.79 Å². The fourth-order valence-corrected chi connectivity index (χ4v) is 2.13. The number of carbonyl (C=O) groups excluding carboxylic acids is 1. The molecule has 0 saturated heterocycles. The summed E-state index contributed by atoms with van der Waals surface area (Å²) in [5.74, 6) is 1.27. The Morgan fingerprint density at radius 1 is 1.33 bits per heavy atom. The van der Waals surface area contributed by atoms with E-state index in [2.05, 4.69) is 12.2 Å². The second-order valence-electron chi connectivity index (χ2n) is 5.09. The van der Waals surface area contributed by atoms with Gasteiger partial charge in [0, 0.05) is 11.6 Å². The minimum atomic E-state index is -0.461. The molecule has 5 heteroatoms. The predicted octanol–water partition coefficient (Wildman–Crippen LogP) is 2.40. The summed E-state index contributed by atoms with van der Waals surface area (Å²) < 4.78 is 10.5. The fourth-order valence-electron chi connectivity index (χ4n) is 2.13. The Hall–Kier alpha value is -1.75. The normalized spacial score (nSPS) is 13.4. The number of nitrogens with two attached hydrogens (primary N) is 1. The third kappa shape index (κ3) is 4.93. The van der Waals surface area contributed by atoms with Crippen molar-refractivity contribution < 1.29 is 14.3 Å². The molecule has 0 bridgehead atoms. The number of nitrogens with one attached hydrogen (secondary N) is 1. The van der Waals surface area contributed by atoms with Gasteiger partial charge in [-0.3, -0.25) is 4.79 Å². The number of rotatable bonds is 8. The van der Waals surface area contributed by atoms with Gasteiger partial charge in [0.25, 0.3) is 0 Å². The zero-order valence-electron chi connectivity index (χ0n) is 13.3. The van der Waals surface area contributed by atoms with Crippen molar-refractivity contribution in [2.75, 3.05) is 14.2 Å². The Morgan fingerprint density at radius 2 is 2.05 bits per heavy atom. The third-order valence-corrected chi connectivity index (χ3v) is 3.47. The molecule has 118 valence electrons. The van der Waals surface area contributed by atoms with Gasteiger partial charge in [-0.25, -0.2) is 0 Å². The zero-order chi connectivity index (χ0) is 15.8. The van der Waals surface area contributed by atoms with E-state index in [4.69, 9.17) is 15.2 Å². The van der Waals surface area contributed by atoms with Crippen LogP contribution in [0.1, 0.15) is 44.7 Å². The van der Waals surface area contributed by atoms with Crippen LogP contribution < -0.4 is 20.5 Å². The molecule has 0 spiro atoms. The van der Waals surface area contributed by atoms with Crippen molar-refractivity contribution in [2.24, 2.45) is 5.73 Å². The molecule has 0 aliphatic carbocycles. The number of methoxy groups -OCH3 is 2. The number of ether oxygens (including phenoxy) is 2. The molecule has 21 heavy (non-hydrogen) atoms. The van der Waals surface area contributed by atoms with Crippen LogP contribution in [0.5, 0.6) is 11.5 Å². The van der Waals surface area contributed by atoms with Gasteiger partial charge in [-0.2, -0.15) is 0 Å². The van der Waals surface area contributed by atoms with E-state index in [1.807, 2.05) is 19.1 Å². The summed E-state index contributed by atoms with van der Waals surface area (Å²) in [5, 5.41) is 2.93. The molecule has 2 atom stereocenters. The van der Waals surface area contributed by atoms with Gasteiger partial charge in [-0.1, -0.05) is 19.8 Å². The molecule has 1 rings (SSSR count). The molecule has 0 saturated carbocycles. The van der Waals surface area contributed by atoms with Crippen LogP contribution in [0.3, 0.4) is 0 Å². The smallest absolute Gasteiger partial charge is 0.237 e. The molecule has 0 aliphatic rings. The molecule has 1 aromatic carbocycles. The standard InChI is InChI=1S/C16H26N2O3/c1-5-6-7-14(17)16(19)18-11(2)13-9-8-12(20-3)10-15(13)21-4/h8-11,14H,5-7,17H2,1-4H3,(H,18,19)/t11?,14-/m0/s1. The summed E-state index contributed by atoms with van der Waals surface area (Å²) in [6.07, 6.45) is 2.69. The molecule has 1 unspecified atom stereocenters. The number of benzene rings is 1. The number of unbranched alkanes of at least 4 members (excludes halogenated alkanes) is 1. The van der Waals surface area contributed by atoms with Crippen molar-refractivity contribution in [3.8, 4) is 11.5 Å². The lowest BCUT2D eigenvalue weighted by atomic mass is 10.1. The summed E-state index contributed by atoms with van der Waals surface area (Å²) in [6.45, 7) is 3.99. The van der Waals surface area contributed by atoms with Gasteiger partial charge in [-0.05, 0) is 25.5 Å². The van der Waals surface area contributed by atoms with E-state index in [9.17, 15) is 4.79 Å². The van der Waals surface area contributed by atoms with Crippen LogP contribution in [0.4, 0.5) is 0 Å².